The van der Waals surface area contributed by atoms with E-state index in [9.17, 15) is 0 Å². The summed E-state index contributed by atoms with van der Waals surface area (Å²) in [6, 6.07) is 0. The van der Waals surface area contributed by atoms with E-state index >= 15 is 0 Å². The molecule has 0 aromatic carbocycles. The standard InChI is InChI=1S/2C5.10ClH.Fe.10Hg/c2*1-2-4-5-3-1;;;;;;;;;;;;;;;;;;;;;/h;;10*1H;;;;;;;;;;;/q2*-1;;;;;;;;;;;11*+2/p-10. The first kappa shape index (κ1) is 73.7. The van der Waals surface area contributed by atoms with Gasteiger partial charge >= 0.3 is 348 Å². The topological polar surface area (TPSA) is 0 Å². The fourth-order valence-electron chi connectivity index (χ4n) is 0.312. The summed E-state index contributed by atoms with van der Waals surface area (Å²) in [5.74, 6) is 0. The van der Waals surface area contributed by atoms with E-state index in [1.165, 1.54) is 0 Å². The van der Waals surface area contributed by atoms with E-state index in [0.29, 0.717) is 249 Å². The van der Waals surface area contributed by atoms with Crippen LogP contribution in [0.5, 0.6) is 0 Å². The van der Waals surface area contributed by atoms with Crippen molar-refractivity contribution in [2.24, 2.45) is 0 Å². The van der Waals surface area contributed by atoms with Gasteiger partial charge in [-0.3, -0.25) is 0 Å². The fraction of sp³-hybridized carbons (Fsp3) is 0. The minimum atomic E-state index is 0. The molecular formula is C10Cl10FeHg10+10. The Labute approximate surface area is 397 Å². The van der Waals surface area contributed by atoms with E-state index in [0.717, 1.165) is 0 Å². The van der Waals surface area contributed by atoms with Crippen LogP contribution in [0.15, 0.2) is 0 Å². The molecule has 0 N–H and O–H groups in total. The predicted molar refractivity (Wildman–Crippen MR) is 91.0 cm³/mol. The van der Waals surface area contributed by atoms with Crippen molar-refractivity contribution < 1.29 is 266 Å². The Morgan fingerprint density at radius 2 is 0.387 bits per heavy atom. The maximum atomic E-state index is 4.83. The van der Waals surface area contributed by atoms with E-state index in [-0.39, 0.29) is 17.1 Å². The van der Waals surface area contributed by atoms with Crippen molar-refractivity contribution in [2.75, 3.05) is 0 Å². The summed E-state index contributed by atoms with van der Waals surface area (Å²) in [7, 11) is 48.3. The molecule has 0 unspecified atom stereocenters. The van der Waals surface area contributed by atoms with Crippen LogP contribution in [0.3, 0.4) is 0 Å². The van der Waals surface area contributed by atoms with Gasteiger partial charge in [0.2, 0.25) is 0 Å². The van der Waals surface area contributed by atoms with Crippen LogP contribution in [-0.4, -0.2) is 0 Å². The molecule has 0 nitrogen and oxygen atoms in total. The SMILES string of the molecule is [C]1=[C][C-][C]=[C]1.[C]1=[C][C-][C]=[C]1.[Cl][Hg+].[Cl][Hg+].[Cl][Hg+].[Cl][Hg+].[Cl][Hg+].[Cl][Hg+].[Cl][Hg+].[Cl][Hg+].[Cl][Hg+].[Cl][Hg+].[Fe+2]. The average molecular weight is 2540 g/mol. The molecule has 0 amide bonds. The molecule has 0 bridgehead atoms. The van der Waals surface area contributed by atoms with Crippen molar-refractivity contribution in [2.45, 2.75) is 0 Å². The van der Waals surface area contributed by atoms with E-state index in [4.69, 9.17) is 82.5 Å². The van der Waals surface area contributed by atoms with Gasteiger partial charge in [-0.25, -0.2) is 24.3 Å². The van der Waals surface area contributed by atoms with Gasteiger partial charge in [-0.1, -0.05) is 0 Å². The van der Waals surface area contributed by atoms with Gasteiger partial charge in [0.05, 0.1) is 0 Å². The number of hydrogen-bond acceptors (Lipinski definition) is 0. The molecule has 2 aliphatic carbocycles. The molecule has 31 heavy (non-hydrogen) atoms. The summed E-state index contributed by atoms with van der Waals surface area (Å²) in [6.45, 7) is 0. The van der Waals surface area contributed by atoms with Crippen LogP contribution in [0, 0.1) is 61.4 Å². The molecule has 0 saturated carbocycles. The normalized spacial score (nSPS) is 7.42. The summed E-state index contributed by atoms with van der Waals surface area (Å²) in [6.07, 6.45) is 25.0. The molecule has 21 heteroatoms. The first-order valence-corrected chi connectivity index (χ1v) is 72.9. The van der Waals surface area contributed by atoms with Gasteiger partial charge in [0.1, 0.15) is 0 Å². The van der Waals surface area contributed by atoms with Crippen molar-refractivity contribution in [3.8, 4) is 0 Å². The van der Waals surface area contributed by atoms with Crippen molar-refractivity contribution in [1.29, 1.82) is 0 Å². The second-order valence-corrected chi connectivity index (χ2v) is 1.25. The van der Waals surface area contributed by atoms with Gasteiger partial charge in [0, 0.05) is 0 Å². The van der Waals surface area contributed by atoms with Crippen molar-refractivity contribution in [3.63, 3.8) is 0 Å². The summed E-state index contributed by atoms with van der Waals surface area (Å²) in [5, 5.41) is 0. The quantitative estimate of drug-likeness (QED) is 0.173. The molecular weight excluding hydrogens is 2540 g/mol. The van der Waals surface area contributed by atoms with Crippen LogP contribution >= 0.6 is 82.5 Å². The smallest absolute Gasteiger partial charge is 2.00 e. The molecule has 0 atom stereocenters. The minimum Gasteiger partial charge on any atom is 2.00 e. The zero-order valence-electron chi connectivity index (χ0n) is 16.2. The maximum absolute atomic E-state index is 4.83. The van der Waals surface area contributed by atoms with E-state index < -0.39 is 0 Å². The van der Waals surface area contributed by atoms with Crippen LogP contribution in [0.25, 0.3) is 0 Å². The Kier molecular flexibility index (Phi) is 351. The number of rotatable bonds is 0. The summed E-state index contributed by atoms with van der Waals surface area (Å²) in [4.78, 5) is 0. The maximum Gasteiger partial charge on any atom is 2.00 e. The Bertz CT molecular complexity index is 192. The molecule has 0 heterocycles. The third-order valence-electron chi connectivity index (χ3n) is 0.625. The summed E-state index contributed by atoms with van der Waals surface area (Å²) >= 11 is 5.00. The third-order valence-corrected chi connectivity index (χ3v) is 0.625. The molecule has 0 spiro atoms. The van der Waals surface area contributed by atoms with Gasteiger partial charge in [-0.2, -0.15) is 37.1 Å². The summed E-state index contributed by atoms with van der Waals surface area (Å²) < 4.78 is 0. The Hall–Kier alpha value is 11.5. The molecule has 0 aromatic rings. The molecule has 0 aliphatic heterocycles. The largest absolute Gasteiger partial charge is 2.00 e. The van der Waals surface area contributed by atoms with Gasteiger partial charge < -0.3 is 0 Å². The zero-order chi connectivity index (χ0) is 27.1. The van der Waals surface area contributed by atoms with Crippen LogP contribution < -0.4 is 0 Å². The van der Waals surface area contributed by atoms with E-state index in [2.05, 4.69) is 61.4 Å². The predicted octanol–water partition coefficient (Wildman–Crippen LogP) is 7.68. The molecule has 2 aliphatic rings. The molecule has 0 saturated heterocycles. The average Bonchev–Trinajstić information content (AvgIpc) is 3.71. The van der Waals surface area contributed by atoms with E-state index in [1.807, 2.05) is 0 Å². The summed E-state index contributed by atoms with van der Waals surface area (Å²) in [5.41, 5.74) is 0. The van der Waals surface area contributed by atoms with Crippen LogP contribution in [-0.2, 0) is 266 Å². The van der Waals surface area contributed by atoms with Crippen LogP contribution in [0.2, 0.25) is 0 Å². The second kappa shape index (κ2) is 147. The number of allylic oxidation sites excluding steroid dienone is 8. The zero-order valence-corrected chi connectivity index (χ0v) is 79.8. The third kappa shape index (κ3) is 140. The Morgan fingerprint density at radius 1 is 0.290 bits per heavy atom. The first-order valence-electron chi connectivity index (χ1n) is 5.17. The van der Waals surface area contributed by atoms with Gasteiger partial charge in [-0.05, 0) is 0 Å². The molecule has 0 fully saturated rings. The van der Waals surface area contributed by atoms with Crippen molar-refractivity contribution in [3.05, 3.63) is 61.4 Å². The van der Waals surface area contributed by atoms with Crippen LogP contribution in [0.4, 0.5) is 0 Å². The number of halogens is 10. The number of hydrogen-bond donors (Lipinski definition) is 0. The molecule has 2 rings (SSSR count). The Balaban J connectivity index is -0.0000000162. The van der Waals surface area contributed by atoms with E-state index in [1.54, 1.807) is 0 Å². The van der Waals surface area contributed by atoms with Crippen molar-refractivity contribution >= 4 is 82.5 Å². The Morgan fingerprint density at radius 3 is 0.419 bits per heavy atom. The fourth-order valence-corrected chi connectivity index (χ4v) is 0.312. The van der Waals surface area contributed by atoms with Crippen LogP contribution in [0.1, 0.15) is 0 Å². The van der Waals surface area contributed by atoms with Crippen molar-refractivity contribution in [1.82, 2.24) is 0 Å². The monoisotopic (exact) mass is 2550 g/mol. The molecule has 0 aromatic heterocycles. The molecule has 10 radical (unpaired) electrons. The van der Waals surface area contributed by atoms with Gasteiger partial charge in [-0.15, -0.1) is 0 Å². The minimum absolute atomic E-state index is 0. The first-order chi connectivity index (χ1) is 15.0. The van der Waals surface area contributed by atoms with Gasteiger partial charge in [0.25, 0.3) is 0 Å². The van der Waals surface area contributed by atoms with Gasteiger partial charge in [0.15, 0.2) is 0 Å². The second-order valence-electron chi connectivity index (χ2n) is 1.25. The molecule has 128 valence electrons.